The minimum Gasteiger partial charge on any atom is -0.477 e. The third-order valence-electron chi connectivity index (χ3n) is 20.7. The lowest BCUT2D eigenvalue weighted by atomic mass is 9.88. The van der Waals surface area contributed by atoms with Crippen molar-refractivity contribution in [3.63, 3.8) is 0 Å². The van der Waals surface area contributed by atoms with Crippen LogP contribution >= 0.6 is 0 Å². The van der Waals surface area contributed by atoms with Crippen molar-refractivity contribution in [1.29, 1.82) is 0 Å². The Hall–Kier alpha value is -2.79. The van der Waals surface area contributed by atoms with Crippen LogP contribution in [-0.2, 0) is 42.8 Å². The zero-order valence-electron chi connectivity index (χ0n) is 63.2. The molecule has 0 aromatic heterocycles. The van der Waals surface area contributed by atoms with Crippen LogP contribution in [0.1, 0.15) is 323 Å². The molecule has 102 heavy (non-hydrogen) atoms. The van der Waals surface area contributed by atoms with E-state index in [1.165, 1.54) is 205 Å². The number of rotatable bonds is 64. The Bertz CT molecular complexity index is 2130. The van der Waals surface area contributed by atoms with Gasteiger partial charge in [-0.2, -0.15) is 0 Å². The molecule has 3 heterocycles. The molecule has 0 aliphatic carbocycles. The number of carboxylic acids is 1. The number of aliphatic hydroxyl groups excluding tert-OH is 11. The van der Waals surface area contributed by atoms with Crippen molar-refractivity contribution in [2.24, 2.45) is 0 Å². The average molecular weight is 1460 g/mol. The highest BCUT2D eigenvalue weighted by Crippen LogP contribution is 2.39. The molecular weight excluding hydrogens is 1310 g/mol. The molecule has 23 heteroatoms. The van der Waals surface area contributed by atoms with Crippen molar-refractivity contribution in [3.05, 3.63) is 24.3 Å². The van der Waals surface area contributed by atoms with Crippen LogP contribution in [0.25, 0.3) is 0 Å². The number of allylic oxidation sites excluding steroid dienone is 4. The molecule has 0 aromatic carbocycles. The molecule has 0 saturated carbocycles. The predicted octanol–water partition coefficient (Wildman–Crippen LogP) is 10.7. The molecule has 3 aliphatic heterocycles. The third kappa shape index (κ3) is 38.3. The van der Waals surface area contributed by atoms with Crippen LogP contribution in [-0.4, -0.2) is 215 Å². The van der Waals surface area contributed by atoms with Crippen LogP contribution in [0.2, 0.25) is 0 Å². The quantitative estimate of drug-likeness (QED) is 0.0199. The maximum atomic E-state index is 13.6. The van der Waals surface area contributed by atoms with Gasteiger partial charge < -0.3 is 100 Å². The second-order valence-corrected chi connectivity index (χ2v) is 29.6. The van der Waals surface area contributed by atoms with Gasteiger partial charge in [-0.15, -0.1) is 0 Å². The van der Waals surface area contributed by atoms with Crippen molar-refractivity contribution in [3.8, 4) is 0 Å². The lowest BCUT2D eigenvalue weighted by Crippen LogP contribution is -2.70. The van der Waals surface area contributed by atoms with Crippen molar-refractivity contribution >= 4 is 17.8 Å². The van der Waals surface area contributed by atoms with Crippen molar-refractivity contribution in [2.75, 3.05) is 26.4 Å². The first-order chi connectivity index (χ1) is 49.4. The van der Waals surface area contributed by atoms with E-state index in [1.807, 2.05) is 0 Å². The van der Waals surface area contributed by atoms with E-state index in [0.29, 0.717) is 19.3 Å². The largest absolute Gasteiger partial charge is 0.477 e. The number of hydrogen-bond acceptors (Lipinski definition) is 20. The van der Waals surface area contributed by atoms with Gasteiger partial charge >= 0.3 is 5.97 Å². The molecule has 18 unspecified atom stereocenters. The van der Waals surface area contributed by atoms with Gasteiger partial charge in [0.05, 0.1) is 50.7 Å². The Morgan fingerprint density at radius 1 is 0.510 bits per heavy atom. The minimum absolute atomic E-state index is 0.219. The maximum Gasteiger partial charge on any atom is 0.364 e. The summed E-state index contributed by atoms with van der Waals surface area (Å²) in [6, 6.07) is -2.54. The standard InChI is InChI=1S/C79H146N2O21/c1-4-6-8-10-12-14-16-18-20-22-24-26-28-29-31-33-35-37-39-41-43-45-47-49-51-53-66(89)81-60(61(86)52-50-48-46-44-42-40-38-36-34-32-30-27-25-23-21-19-17-15-13-11-9-7-5-2)58-97-76-71(93)70(92)73(65(57-84)99-76)100-77-72(94)75(69(91)64(56-83)98-77)102-79(78(95)96)54-62(87)67(80-59(3)85)74(101-79)68(90)63(88)55-82/h24,26,29,31,60-65,67-77,82-84,86-88,90-94H,4-23,25,27-28,30,32-58H2,1-3H3,(H,80,85)(H,81,89)(H,95,96)/b26-24-,31-29-. The number of carboxylic acid groups (broad SMARTS) is 1. The summed E-state index contributed by atoms with van der Waals surface area (Å²) in [6.45, 7) is 2.25. The topological polar surface area (TPSA) is 373 Å². The molecule has 0 radical (unpaired) electrons. The number of ether oxygens (including phenoxy) is 6. The summed E-state index contributed by atoms with van der Waals surface area (Å²) in [6.07, 6.45) is 34.5. The molecule has 3 fully saturated rings. The molecule has 3 aliphatic rings. The second-order valence-electron chi connectivity index (χ2n) is 29.6. The van der Waals surface area contributed by atoms with E-state index in [-0.39, 0.29) is 18.9 Å². The van der Waals surface area contributed by atoms with E-state index >= 15 is 0 Å². The van der Waals surface area contributed by atoms with E-state index in [9.17, 15) is 75.7 Å². The zero-order chi connectivity index (χ0) is 74.6. The van der Waals surface area contributed by atoms with Gasteiger partial charge in [0, 0.05) is 19.8 Å². The smallest absolute Gasteiger partial charge is 0.364 e. The SMILES string of the molecule is CCCCCCCCCCC/C=C\C/C=C\CCCCCCCCCCCC(=O)NC(COC1OC(CO)C(OC2OC(CO)C(O)C(OC3(C(=O)O)CC(O)C(NC(C)=O)C(C(O)C(O)CO)O3)C2O)C(O)C1O)C(O)CCCCCCCCCCCCCCCCCCCCCCCCC. The zero-order valence-corrected chi connectivity index (χ0v) is 63.2. The fraction of sp³-hybridized carbons (Fsp3) is 0.911. The van der Waals surface area contributed by atoms with Gasteiger partial charge in [-0.05, 0) is 44.9 Å². The molecule has 0 aromatic rings. The van der Waals surface area contributed by atoms with E-state index in [1.54, 1.807) is 0 Å². The normalized spacial score (nSPS) is 26.7. The summed E-state index contributed by atoms with van der Waals surface area (Å²) in [5, 5.41) is 137. The summed E-state index contributed by atoms with van der Waals surface area (Å²) >= 11 is 0. The molecule has 3 rings (SSSR count). The fourth-order valence-electron chi connectivity index (χ4n) is 14.2. The number of hydrogen-bond donors (Lipinski definition) is 14. The average Bonchev–Trinajstić information content (AvgIpc) is 0.755. The monoisotopic (exact) mass is 1460 g/mol. The van der Waals surface area contributed by atoms with Crippen LogP contribution in [0.4, 0.5) is 0 Å². The molecule has 0 spiro atoms. The van der Waals surface area contributed by atoms with Gasteiger partial charge in [-0.3, -0.25) is 9.59 Å². The van der Waals surface area contributed by atoms with E-state index in [2.05, 4.69) is 48.8 Å². The Kier molecular flexibility index (Phi) is 53.4. The lowest BCUT2D eigenvalue weighted by molar-refractivity contribution is -0.386. The maximum absolute atomic E-state index is 13.6. The van der Waals surface area contributed by atoms with Gasteiger partial charge in [0.2, 0.25) is 11.8 Å². The van der Waals surface area contributed by atoms with Crippen LogP contribution < -0.4 is 10.6 Å². The molecule has 2 amide bonds. The first kappa shape index (κ1) is 93.4. The molecule has 14 N–H and O–H groups in total. The molecule has 23 nitrogen and oxygen atoms in total. The summed E-state index contributed by atoms with van der Waals surface area (Å²) < 4.78 is 35.0. The van der Waals surface area contributed by atoms with E-state index in [0.717, 1.165) is 71.1 Å². The van der Waals surface area contributed by atoms with Gasteiger partial charge in [0.15, 0.2) is 12.6 Å². The van der Waals surface area contributed by atoms with Crippen LogP contribution in [0.5, 0.6) is 0 Å². The number of carbonyl (C=O) groups excluding carboxylic acids is 2. The van der Waals surface area contributed by atoms with E-state index < -0.39 is 148 Å². The Morgan fingerprint density at radius 2 is 0.941 bits per heavy atom. The van der Waals surface area contributed by atoms with E-state index in [4.69, 9.17) is 28.4 Å². The molecular formula is C79H146N2O21. The Morgan fingerprint density at radius 3 is 1.37 bits per heavy atom. The van der Waals surface area contributed by atoms with Gasteiger partial charge in [-0.25, -0.2) is 4.79 Å². The number of aliphatic hydroxyl groups is 11. The first-order valence-corrected chi connectivity index (χ1v) is 40.7. The predicted molar refractivity (Wildman–Crippen MR) is 394 cm³/mol. The second kappa shape index (κ2) is 58.3. The number of amides is 2. The molecule has 0 bridgehead atoms. The highest BCUT2D eigenvalue weighted by molar-refractivity contribution is 5.77. The van der Waals surface area contributed by atoms with Crippen LogP contribution in [0.3, 0.4) is 0 Å². The van der Waals surface area contributed by atoms with Crippen molar-refractivity contribution < 1.29 is 104 Å². The molecule has 598 valence electrons. The summed E-state index contributed by atoms with van der Waals surface area (Å²) in [5.74, 6) is -6.10. The molecule has 3 saturated heterocycles. The summed E-state index contributed by atoms with van der Waals surface area (Å²) in [4.78, 5) is 38.7. The van der Waals surface area contributed by atoms with Crippen molar-refractivity contribution in [1.82, 2.24) is 10.6 Å². The highest BCUT2D eigenvalue weighted by Gasteiger charge is 2.60. The van der Waals surface area contributed by atoms with Gasteiger partial charge in [-0.1, -0.05) is 282 Å². The molecule has 18 atom stereocenters. The number of unbranched alkanes of at least 4 members (excludes halogenated alkanes) is 40. The summed E-state index contributed by atoms with van der Waals surface area (Å²) in [5.41, 5.74) is 0. The van der Waals surface area contributed by atoms with Crippen LogP contribution in [0, 0.1) is 0 Å². The fourth-order valence-corrected chi connectivity index (χ4v) is 14.2. The Balaban J connectivity index is 1.52. The number of nitrogens with one attached hydrogen (secondary N) is 2. The number of carbonyl (C=O) groups is 3. The van der Waals surface area contributed by atoms with Gasteiger partial charge in [0.1, 0.15) is 67.1 Å². The first-order valence-electron chi connectivity index (χ1n) is 40.7. The highest BCUT2D eigenvalue weighted by atomic mass is 16.8. The van der Waals surface area contributed by atoms with Gasteiger partial charge in [0.25, 0.3) is 5.79 Å². The summed E-state index contributed by atoms with van der Waals surface area (Å²) in [7, 11) is 0. The Labute approximate surface area is 613 Å². The third-order valence-corrected chi connectivity index (χ3v) is 20.7. The minimum atomic E-state index is -3.08. The van der Waals surface area contributed by atoms with Crippen molar-refractivity contribution in [2.45, 2.75) is 432 Å². The number of aliphatic carboxylic acids is 1. The lowest BCUT2D eigenvalue weighted by Gasteiger charge is -2.50. The van der Waals surface area contributed by atoms with Crippen LogP contribution in [0.15, 0.2) is 24.3 Å².